The number of amides is 1. The minimum atomic E-state index is -0.400. The topological polar surface area (TPSA) is 44.1 Å². The standard InChI is InChI=1S/C15H11FN2O/c16-13-8-6-12(7-9-13)15(19)18(11-10-17)14-4-2-1-3-5-14/h1-9H,11H2. The average Bonchev–Trinajstić information content (AvgIpc) is 2.46. The number of rotatable bonds is 3. The van der Waals surface area contributed by atoms with Crippen molar-refractivity contribution in [3.8, 4) is 6.07 Å². The first-order valence-corrected chi connectivity index (χ1v) is 5.72. The molecule has 2 aromatic carbocycles. The summed E-state index contributed by atoms with van der Waals surface area (Å²) in [6.07, 6.45) is 0. The van der Waals surface area contributed by atoms with Crippen LogP contribution in [0.3, 0.4) is 0 Å². The lowest BCUT2D eigenvalue weighted by atomic mass is 10.1. The number of benzene rings is 2. The highest BCUT2D eigenvalue weighted by Gasteiger charge is 2.17. The van der Waals surface area contributed by atoms with E-state index in [9.17, 15) is 9.18 Å². The summed E-state index contributed by atoms with van der Waals surface area (Å²) in [6, 6.07) is 16.1. The molecule has 0 saturated heterocycles. The number of para-hydroxylation sites is 1. The predicted molar refractivity (Wildman–Crippen MR) is 70.1 cm³/mol. The Morgan fingerprint density at radius 2 is 1.74 bits per heavy atom. The molecule has 4 heteroatoms. The van der Waals surface area contributed by atoms with Crippen molar-refractivity contribution in [1.82, 2.24) is 0 Å². The van der Waals surface area contributed by atoms with E-state index < -0.39 is 5.82 Å². The molecule has 1 amide bonds. The second-order valence-corrected chi connectivity index (χ2v) is 3.89. The van der Waals surface area contributed by atoms with Crippen LogP contribution in [0.4, 0.5) is 10.1 Å². The van der Waals surface area contributed by atoms with E-state index in [2.05, 4.69) is 0 Å². The molecule has 0 radical (unpaired) electrons. The molecule has 0 fully saturated rings. The Morgan fingerprint density at radius 3 is 2.32 bits per heavy atom. The number of carbonyl (C=O) groups excluding carboxylic acids is 1. The first kappa shape index (κ1) is 12.8. The van der Waals surface area contributed by atoms with Crippen LogP contribution in [0.15, 0.2) is 54.6 Å². The fourth-order valence-corrected chi connectivity index (χ4v) is 1.71. The van der Waals surface area contributed by atoms with Gasteiger partial charge in [-0.3, -0.25) is 9.69 Å². The number of nitrogens with zero attached hydrogens (tertiary/aromatic N) is 2. The number of hydrogen-bond acceptors (Lipinski definition) is 2. The van der Waals surface area contributed by atoms with Gasteiger partial charge >= 0.3 is 0 Å². The van der Waals surface area contributed by atoms with Gasteiger partial charge in [0, 0.05) is 11.3 Å². The maximum atomic E-state index is 12.8. The monoisotopic (exact) mass is 254 g/mol. The van der Waals surface area contributed by atoms with E-state index in [4.69, 9.17) is 5.26 Å². The Morgan fingerprint density at radius 1 is 1.11 bits per heavy atom. The smallest absolute Gasteiger partial charge is 0.259 e. The number of anilines is 1. The van der Waals surface area contributed by atoms with E-state index in [0.717, 1.165) is 0 Å². The van der Waals surface area contributed by atoms with Gasteiger partial charge in [-0.05, 0) is 36.4 Å². The van der Waals surface area contributed by atoms with Crippen molar-refractivity contribution in [3.63, 3.8) is 0 Å². The highest BCUT2D eigenvalue weighted by Crippen LogP contribution is 2.16. The van der Waals surface area contributed by atoms with Gasteiger partial charge in [-0.2, -0.15) is 5.26 Å². The zero-order chi connectivity index (χ0) is 13.7. The van der Waals surface area contributed by atoms with Gasteiger partial charge in [0.15, 0.2) is 0 Å². The Labute approximate surface area is 110 Å². The molecule has 19 heavy (non-hydrogen) atoms. The fourth-order valence-electron chi connectivity index (χ4n) is 1.71. The summed E-state index contributed by atoms with van der Waals surface area (Å²) in [6.45, 7) is -0.0553. The number of halogens is 1. The van der Waals surface area contributed by atoms with Gasteiger partial charge in [0.2, 0.25) is 0 Å². The normalized spacial score (nSPS) is 9.68. The number of hydrogen-bond donors (Lipinski definition) is 0. The molecule has 0 aliphatic carbocycles. The van der Waals surface area contributed by atoms with E-state index in [1.807, 2.05) is 12.1 Å². The third kappa shape index (κ3) is 2.96. The SMILES string of the molecule is N#CCN(C(=O)c1ccc(F)cc1)c1ccccc1. The second-order valence-electron chi connectivity index (χ2n) is 3.89. The van der Waals surface area contributed by atoms with Crippen LogP contribution in [0, 0.1) is 17.1 Å². The van der Waals surface area contributed by atoms with Crippen LogP contribution in [0.1, 0.15) is 10.4 Å². The molecule has 0 atom stereocenters. The molecule has 0 N–H and O–H groups in total. The molecule has 2 aromatic rings. The molecule has 0 aliphatic heterocycles. The Kier molecular flexibility index (Phi) is 3.89. The first-order chi connectivity index (χ1) is 9.22. The molecular weight excluding hydrogens is 243 g/mol. The summed E-state index contributed by atoms with van der Waals surface area (Å²) < 4.78 is 12.8. The minimum absolute atomic E-state index is 0.0553. The average molecular weight is 254 g/mol. The molecule has 0 spiro atoms. The van der Waals surface area contributed by atoms with Crippen LogP contribution in [-0.4, -0.2) is 12.5 Å². The predicted octanol–water partition coefficient (Wildman–Crippen LogP) is 3.00. The lowest BCUT2D eigenvalue weighted by Crippen LogP contribution is -2.31. The highest BCUT2D eigenvalue weighted by atomic mass is 19.1. The van der Waals surface area contributed by atoms with Crippen LogP contribution in [0.5, 0.6) is 0 Å². The molecule has 0 aromatic heterocycles. The number of carbonyl (C=O) groups is 1. The summed E-state index contributed by atoms with van der Waals surface area (Å²) in [5.74, 6) is -0.726. The molecule has 0 heterocycles. The highest BCUT2D eigenvalue weighted by molar-refractivity contribution is 6.06. The van der Waals surface area contributed by atoms with Crippen LogP contribution in [0.2, 0.25) is 0 Å². The maximum Gasteiger partial charge on any atom is 0.259 e. The lowest BCUT2D eigenvalue weighted by molar-refractivity contribution is 0.0990. The fraction of sp³-hybridized carbons (Fsp3) is 0.0667. The third-order valence-corrected chi connectivity index (χ3v) is 2.63. The zero-order valence-corrected chi connectivity index (χ0v) is 10.1. The first-order valence-electron chi connectivity index (χ1n) is 5.72. The van der Waals surface area contributed by atoms with E-state index in [1.165, 1.54) is 29.2 Å². The minimum Gasteiger partial charge on any atom is -0.295 e. The van der Waals surface area contributed by atoms with Crippen LogP contribution in [0.25, 0.3) is 0 Å². The molecule has 3 nitrogen and oxygen atoms in total. The molecular formula is C15H11FN2O. The summed E-state index contributed by atoms with van der Waals surface area (Å²) in [7, 11) is 0. The van der Waals surface area contributed by atoms with Gasteiger partial charge < -0.3 is 0 Å². The van der Waals surface area contributed by atoms with Gasteiger partial charge in [-0.1, -0.05) is 18.2 Å². The van der Waals surface area contributed by atoms with E-state index >= 15 is 0 Å². The number of nitriles is 1. The molecule has 2 rings (SSSR count). The van der Waals surface area contributed by atoms with Gasteiger partial charge in [-0.15, -0.1) is 0 Å². The molecule has 0 bridgehead atoms. The molecule has 0 saturated carbocycles. The van der Waals surface area contributed by atoms with Crippen LogP contribution in [-0.2, 0) is 0 Å². The van der Waals surface area contributed by atoms with Crippen molar-refractivity contribution in [2.45, 2.75) is 0 Å². The third-order valence-electron chi connectivity index (χ3n) is 2.63. The molecule has 0 unspecified atom stereocenters. The van der Waals surface area contributed by atoms with E-state index in [1.54, 1.807) is 24.3 Å². The van der Waals surface area contributed by atoms with Gasteiger partial charge in [0.05, 0.1) is 6.07 Å². The summed E-state index contributed by atoms with van der Waals surface area (Å²) >= 11 is 0. The van der Waals surface area contributed by atoms with Crippen LogP contribution < -0.4 is 4.90 Å². The van der Waals surface area contributed by atoms with Crippen molar-refractivity contribution in [3.05, 3.63) is 66.0 Å². The van der Waals surface area contributed by atoms with Gasteiger partial charge in [0.1, 0.15) is 12.4 Å². The van der Waals surface area contributed by atoms with Crippen molar-refractivity contribution in [1.29, 1.82) is 5.26 Å². The van der Waals surface area contributed by atoms with E-state index in [-0.39, 0.29) is 12.5 Å². The van der Waals surface area contributed by atoms with Gasteiger partial charge in [0.25, 0.3) is 5.91 Å². The van der Waals surface area contributed by atoms with Crippen molar-refractivity contribution in [2.24, 2.45) is 0 Å². The quantitative estimate of drug-likeness (QED) is 0.790. The van der Waals surface area contributed by atoms with Crippen molar-refractivity contribution >= 4 is 11.6 Å². The summed E-state index contributed by atoms with van der Waals surface area (Å²) in [4.78, 5) is 13.7. The largest absolute Gasteiger partial charge is 0.295 e. The van der Waals surface area contributed by atoms with Gasteiger partial charge in [-0.25, -0.2) is 4.39 Å². The van der Waals surface area contributed by atoms with Crippen LogP contribution >= 0.6 is 0 Å². The maximum absolute atomic E-state index is 12.8. The Hall–Kier alpha value is -2.67. The molecule has 94 valence electrons. The molecule has 0 aliphatic rings. The van der Waals surface area contributed by atoms with E-state index in [0.29, 0.717) is 11.3 Å². The lowest BCUT2D eigenvalue weighted by Gasteiger charge is -2.19. The van der Waals surface area contributed by atoms with Crippen molar-refractivity contribution < 1.29 is 9.18 Å². The Balaban J connectivity index is 2.32. The zero-order valence-electron chi connectivity index (χ0n) is 10.1. The second kappa shape index (κ2) is 5.78. The summed E-state index contributed by atoms with van der Waals surface area (Å²) in [5.41, 5.74) is 0.985. The summed E-state index contributed by atoms with van der Waals surface area (Å²) in [5, 5.41) is 8.83. The van der Waals surface area contributed by atoms with Crippen molar-refractivity contribution in [2.75, 3.05) is 11.4 Å². The Bertz CT molecular complexity index is 602.